The smallest absolute Gasteiger partial charge is 0.434 e. The van der Waals surface area contributed by atoms with Crippen molar-refractivity contribution < 1.29 is 31.9 Å². The number of nitrogens with zero attached hydrogens (tertiary/aromatic N) is 1. The van der Waals surface area contributed by atoms with E-state index in [9.17, 15) is 26.7 Å². The van der Waals surface area contributed by atoms with Gasteiger partial charge in [0.15, 0.2) is 5.69 Å². The maximum atomic E-state index is 13.3. The molecule has 0 aliphatic carbocycles. The molecule has 3 nitrogen and oxygen atoms in total. The van der Waals surface area contributed by atoms with E-state index in [0.29, 0.717) is 5.56 Å². The van der Waals surface area contributed by atoms with Crippen molar-refractivity contribution in [3.63, 3.8) is 0 Å². The van der Waals surface area contributed by atoms with Gasteiger partial charge >= 0.3 is 12.1 Å². The van der Waals surface area contributed by atoms with E-state index in [1.165, 1.54) is 12.1 Å². The molecule has 0 unspecified atom stereocenters. The lowest BCUT2D eigenvalue weighted by atomic mass is 9.95. The van der Waals surface area contributed by atoms with E-state index in [0.717, 1.165) is 6.07 Å². The van der Waals surface area contributed by atoms with Crippen molar-refractivity contribution in [3.8, 4) is 0 Å². The lowest BCUT2D eigenvalue weighted by Gasteiger charge is -2.17. The predicted molar refractivity (Wildman–Crippen MR) is 68.0 cm³/mol. The highest BCUT2D eigenvalue weighted by Gasteiger charge is 2.41. The Bertz CT molecular complexity index is 740. The fourth-order valence-electron chi connectivity index (χ4n) is 2.35. The van der Waals surface area contributed by atoms with Gasteiger partial charge < -0.3 is 5.11 Å². The molecule has 0 aliphatic heterocycles. The second kappa shape index (κ2) is 5.51. The van der Waals surface area contributed by atoms with Crippen molar-refractivity contribution in [1.82, 2.24) is 4.98 Å². The third kappa shape index (κ3) is 2.60. The molecule has 1 heterocycles. The zero-order valence-corrected chi connectivity index (χ0v) is 11.2. The van der Waals surface area contributed by atoms with Crippen LogP contribution in [-0.4, -0.2) is 16.1 Å². The van der Waals surface area contributed by atoms with Crippen molar-refractivity contribution in [2.45, 2.75) is 25.9 Å². The number of pyridine rings is 1. The fraction of sp³-hybridized carbons (Fsp3) is 0.286. The molecular weight excluding hydrogens is 309 g/mol. The highest BCUT2D eigenvalue weighted by atomic mass is 19.4. The summed E-state index contributed by atoms with van der Waals surface area (Å²) in [6.07, 6.45) is -8.26. The van der Waals surface area contributed by atoms with Crippen LogP contribution in [0.5, 0.6) is 0 Å². The lowest BCUT2D eigenvalue weighted by molar-refractivity contribution is -0.141. The van der Waals surface area contributed by atoms with Gasteiger partial charge in [0.05, 0.1) is 11.1 Å². The summed E-state index contributed by atoms with van der Waals surface area (Å²) in [5, 5.41) is 8.78. The highest BCUT2D eigenvalue weighted by Crippen LogP contribution is 2.39. The number of aryl methyl sites for hydroxylation is 1. The van der Waals surface area contributed by atoms with Crippen LogP contribution >= 0.6 is 0 Å². The Morgan fingerprint density at radius 3 is 2.41 bits per heavy atom. The summed E-state index contributed by atoms with van der Waals surface area (Å²) in [4.78, 5) is 14.4. The van der Waals surface area contributed by atoms with Crippen LogP contribution < -0.4 is 0 Å². The zero-order chi connectivity index (χ0) is 16.7. The van der Waals surface area contributed by atoms with Crippen LogP contribution in [-0.2, 0) is 12.6 Å². The molecule has 0 atom stereocenters. The maximum absolute atomic E-state index is 13.3. The van der Waals surface area contributed by atoms with Crippen LogP contribution in [0.3, 0.4) is 0 Å². The summed E-state index contributed by atoms with van der Waals surface area (Å²) in [6, 6.07) is 4.00. The van der Waals surface area contributed by atoms with E-state index in [1.54, 1.807) is 6.92 Å². The number of hydrogen-bond donors (Lipinski definition) is 1. The van der Waals surface area contributed by atoms with Crippen LogP contribution in [0.4, 0.5) is 22.0 Å². The third-order valence-electron chi connectivity index (χ3n) is 3.22. The normalized spacial score (nSPS) is 12.1. The summed E-state index contributed by atoms with van der Waals surface area (Å²) in [5.41, 5.74) is -4.42. The summed E-state index contributed by atoms with van der Waals surface area (Å²) >= 11 is 0. The number of aromatic nitrogens is 1. The molecule has 118 valence electrons. The van der Waals surface area contributed by atoms with Gasteiger partial charge in [-0.1, -0.05) is 19.1 Å². The van der Waals surface area contributed by atoms with E-state index >= 15 is 0 Å². The minimum atomic E-state index is -5.15. The van der Waals surface area contributed by atoms with Crippen LogP contribution in [0, 0.1) is 0 Å². The number of aromatic carboxylic acids is 1. The molecule has 0 spiro atoms. The lowest BCUT2D eigenvalue weighted by Crippen LogP contribution is -2.19. The third-order valence-corrected chi connectivity index (χ3v) is 3.22. The van der Waals surface area contributed by atoms with Crippen molar-refractivity contribution in [2.24, 2.45) is 0 Å². The molecule has 0 bridgehead atoms. The Hall–Kier alpha value is -2.25. The first kappa shape index (κ1) is 16.1. The molecular formula is C14H10F5NO2. The van der Waals surface area contributed by atoms with Gasteiger partial charge in [0.2, 0.25) is 0 Å². The number of alkyl halides is 5. The number of carboxylic acid groups (broad SMARTS) is 1. The topological polar surface area (TPSA) is 50.2 Å². The van der Waals surface area contributed by atoms with Crippen molar-refractivity contribution in [1.29, 1.82) is 0 Å². The SMILES string of the molecule is CCc1cccc2nc(C(F)(F)F)c(C(=O)O)c(C(F)F)c12. The Labute approximate surface area is 121 Å². The van der Waals surface area contributed by atoms with Crippen molar-refractivity contribution >= 4 is 16.9 Å². The van der Waals surface area contributed by atoms with Crippen molar-refractivity contribution in [2.75, 3.05) is 0 Å². The molecule has 2 rings (SSSR count). The number of carboxylic acids is 1. The number of benzene rings is 1. The number of fused-ring (bicyclic) bond motifs is 1. The molecule has 0 saturated heterocycles. The van der Waals surface area contributed by atoms with Gasteiger partial charge in [0.25, 0.3) is 6.43 Å². The maximum Gasteiger partial charge on any atom is 0.434 e. The second-order valence-electron chi connectivity index (χ2n) is 4.52. The standard InChI is InChI=1S/C14H10F5NO2/c1-2-6-4-3-5-7-8(6)9(12(15)16)10(13(21)22)11(20-7)14(17,18)19/h3-5,12H,2H2,1H3,(H,21,22). The van der Waals surface area contributed by atoms with E-state index in [2.05, 4.69) is 4.98 Å². The Morgan fingerprint density at radius 1 is 1.32 bits per heavy atom. The van der Waals surface area contributed by atoms with Gasteiger partial charge in [0.1, 0.15) is 0 Å². The van der Waals surface area contributed by atoms with E-state index in [-0.39, 0.29) is 17.3 Å². The minimum absolute atomic E-state index is 0.231. The Morgan fingerprint density at radius 2 is 1.95 bits per heavy atom. The number of rotatable bonds is 3. The summed E-state index contributed by atoms with van der Waals surface area (Å²) < 4.78 is 65.7. The van der Waals surface area contributed by atoms with Gasteiger partial charge in [0, 0.05) is 10.9 Å². The predicted octanol–water partition coefficient (Wildman–Crippen LogP) is 4.45. The van der Waals surface area contributed by atoms with E-state index in [4.69, 9.17) is 5.11 Å². The largest absolute Gasteiger partial charge is 0.478 e. The fourth-order valence-corrected chi connectivity index (χ4v) is 2.35. The van der Waals surface area contributed by atoms with Gasteiger partial charge in [-0.05, 0) is 18.1 Å². The van der Waals surface area contributed by atoms with Crippen LogP contribution in [0.15, 0.2) is 18.2 Å². The summed E-state index contributed by atoms with van der Waals surface area (Å²) in [6.45, 7) is 1.63. The average Bonchev–Trinajstić information content (AvgIpc) is 2.42. The number of hydrogen-bond acceptors (Lipinski definition) is 2. The molecule has 0 radical (unpaired) electrons. The first-order chi connectivity index (χ1) is 10.2. The highest BCUT2D eigenvalue weighted by molar-refractivity contribution is 5.99. The van der Waals surface area contributed by atoms with Gasteiger partial charge in [-0.3, -0.25) is 0 Å². The first-order valence-electron chi connectivity index (χ1n) is 6.22. The summed E-state index contributed by atoms with van der Waals surface area (Å²) in [7, 11) is 0. The van der Waals surface area contributed by atoms with Crippen LogP contribution in [0.25, 0.3) is 10.9 Å². The molecule has 22 heavy (non-hydrogen) atoms. The molecule has 8 heteroatoms. The Balaban J connectivity index is 3.08. The molecule has 1 aromatic heterocycles. The average molecular weight is 319 g/mol. The van der Waals surface area contributed by atoms with Gasteiger partial charge in [-0.25, -0.2) is 18.6 Å². The molecule has 0 fully saturated rings. The van der Waals surface area contributed by atoms with Crippen LogP contribution in [0.2, 0.25) is 0 Å². The molecule has 0 saturated carbocycles. The molecule has 2 aromatic rings. The quantitative estimate of drug-likeness (QED) is 0.850. The van der Waals surface area contributed by atoms with Gasteiger partial charge in [-0.15, -0.1) is 0 Å². The minimum Gasteiger partial charge on any atom is -0.478 e. The van der Waals surface area contributed by atoms with Crippen LogP contribution in [0.1, 0.15) is 40.5 Å². The second-order valence-corrected chi connectivity index (χ2v) is 4.52. The molecule has 1 N–H and O–H groups in total. The zero-order valence-electron chi connectivity index (χ0n) is 11.2. The molecule has 0 aliphatic rings. The van der Waals surface area contributed by atoms with E-state index < -0.39 is 35.4 Å². The number of carbonyl (C=O) groups is 1. The van der Waals surface area contributed by atoms with Crippen molar-refractivity contribution in [3.05, 3.63) is 40.6 Å². The first-order valence-corrected chi connectivity index (χ1v) is 6.22. The summed E-state index contributed by atoms with van der Waals surface area (Å²) in [5.74, 6) is -2.08. The molecule has 0 amide bonds. The van der Waals surface area contributed by atoms with E-state index in [1.807, 2.05) is 0 Å². The Kier molecular flexibility index (Phi) is 4.04. The monoisotopic (exact) mass is 319 g/mol. The number of halogens is 5. The molecule has 1 aromatic carbocycles. The van der Waals surface area contributed by atoms with Gasteiger partial charge in [-0.2, -0.15) is 13.2 Å².